The van der Waals surface area contributed by atoms with E-state index < -0.39 is 18.0 Å². The summed E-state index contributed by atoms with van der Waals surface area (Å²) in [4.78, 5) is 45.4. The van der Waals surface area contributed by atoms with Crippen molar-refractivity contribution in [2.45, 2.75) is 38.6 Å². The monoisotopic (exact) mass is 632 g/mol. The summed E-state index contributed by atoms with van der Waals surface area (Å²) in [6.45, 7) is 2.19. The molecule has 0 spiro atoms. The van der Waals surface area contributed by atoms with Crippen LogP contribution in [0.3, 0.4) is 0 Å². The van der Waals surface area contributed by atoms with E-state index in [1.54, 1.807) is 53.5 Å². The number of fused-ring (bicyclic) bond motifs is 4. The molecule has 2 bridgehead atoms. The molecule has 0 unspecified atom stereocenters. The van der Waals surface area contributed by atoms with Gasteiger partial charge in [-0.25, -0.2) is 14.2 Å². The number of pyridine rings is 1. The molecule has 0 saturated carbocycles. The van der Waals surface area contributed by atoms with Crippen LogP contribution in [0, 0.1) is 5.92 Å². The lowest BCUT2D eigenvalue weighted by Gasteiger charge is -2.35. The number of rotatable bonds is 4. The van der Waals surface area contributed by atoms with Gasteiger partial charge in [-0.1, -0.05) is 55.3 Å². The Morgan fingerprint density at radius 3 is 2.71 bits per heavy atom. The quantitative estimate of drug-likeness (QED) is 0.364. The van der Waals surface area contributed by atoms with Crippen LogP contribution in [-0.2, 0) is 14.3 Å². The molecule has 1 aliphatic carbocycles. The Kier molecular flexibility index (Phi) is 9.83. The van der Waals surface area contributed by atoms with Crippen LogP contribution in [0.15, 0.2) is 88.8 Å². The van der Waals surface area contributed by atoms with Crippen molar-refractivity contribution in [3.8, 4) is 17.0 Å². The number of aromatic nitrogens is 1. The molecular weight excluding hydrogens is 599 g/mol. The van der Waals surface area contributed by atoms with E-state index in [9.17, 15) is 14.4 Å². The fourth-order valence-electron chi connectivity index (χ4n) is 5.63. The normalized spacial score (nSPS) is 20.4. The van der Waals surface area contributed by atoms with Crippen molar-refractivity contribution in [1.29, 1.82) is 0 Å². The van der Waals surface area contributed by atoms with E-state index in [2.05, 4.69) is 10.6 Å². The van der Waals surface area contributed by atoms with Crippen LogP contribution in [0.1, 0.15) is 44.3 Å². The van der Waals surface area contributed by atoms with Gasteiger partial charge in [-0.3, -0.25) is 14.9 Å². The van der Waals surface area contributed by atoms with Gasteiger partial charge in [-0.05, 0) is 54.7 Å². The first-order valence-electron chi connectivity index (χ1n) is 14.7. The topological polar surface area (TPSA) is 110 Å². The molecule has 2 atom stereocenters. The Morgan fingerprint density at radius 2 is 1.96 bits per heavy atom. The zero-order valence-corrected chi connectivity index (χ0v) is 26.0. The van der Waals surface area contributed by atoms with Crippen molar-refractivity contribution in [2.24, 2.45) is 5.92 Å². The molecule has 3 amide bonds. The average Bonchev–Trinajstić information content (AvgIpc) is 3.03. The molecule has 1 aromatic heterocycles. The van der Waals surface area contributed by atoms with Gasteiger partial charge in [0.2, 0.25) is 17.7 Å². The van der Waals surface area contributed by atoms with Crippen molar-refractivity contribution in [1.82, 2.24) is 9.88 Å². The second-order valence-corrected chi connectivity index (χ2v) is 11.4. The molecule has 2 N–H and O–H groups in total. The Balaban J connectivity index is 1.56. The average molecular weight is 633 g/mol. The predicted octanol–water partition coefficient (Wildman–Crippen LogP) is 7.37. The van der Waals surface area contributed by atoms with Gasteiger partial charge in [0.15, 0.2) is 0 Å². The lowest BCUT2D eigenvalue weighted by Crippen LogP contribution is -2.38. The van der Waals surface area contributed by atoms with Crippen LogP contribution in [0.2, 0.25) is 0 Å². The molecule has 2 aromatic rings. The number of carbonyl (C=O) groups excluding carboxylic acids is 3. The third-order valence-electron chi connectivity index (χ3n) is 8.05. The van der Waals surface area contributed by atoms with Crippen LogP contribution in [0.4, 0.5) is 20.6 Å². The summed E-state index contributed by atoms with van der Waals surface area (Å²) in [6, 6.07) is 8.37. The first-order valence-corrected chi connectivity index (χ1v) is 15.0. The van der Waals surface area contributed by atoms with Gasteiger partial charge in [0, 0.05) is 41.4 Å². The number of amides is 3. The summed E-state index contributed by atoms with van der Waals surface area (Å²) < 4.78 is 25.5. The number of nitrogens with one attached hydrogen (secondary N) is 2. The van der Waals surface area contributed by atoms with Crippen molar-refractivity contribution >= 4 is 40.9 Å². The number of nitrogens with zero attached hydrogens (tertiary/aromatic N) is 2. The maximum atomic E-state index is 15.2. The highest BCUT2D eigenvalue weighted by molar-refractivity contribution is 6.31. The highest BCUT2D eigenvalue weighted by Crippen LogP contribution is 2.39. The van der Waals surface area contributed by atoms with E-state index in [0.29, 0.717) is 71.9 Å². The smallest absolute Gasteiger partial charge is 0.411 e. The molecule has 234 valence electrons. The third kappa shape index (κ3) is 7.17. The minimum atomic E-state index is -0.636. The highest BCUT2D eigenvalue weighted by atomic mass is 35.5. The number of carbonyl (C=O) groups is 3. The standard InChI is InChI=1S/C34H34ClFN4O5/c1-20-8-7-11-29(40-15-14-21(18-31(40)41)25-9-5-4-6-10-26(35)32(25)36)28-16-22(17-30(38-28)44-2)24-13-12-23(37-34(43)45-3)19-27(24)39-33(20)42/h4-6,9-10,12-13,16-20,29H,7-8,11,14-15H2,1-3H3,(H,37,43)(H,39,42)/t20-,29+/m1/s1. The fourth-order valence-corrected chi connectivity index (χ4v) is 5.80. The van der Waals surface area contributed by atoms with E-state index in [-0.39, 0.29) is 28.3 Å². The number of allylic oxidation sites excluding steroid dienone is 8. The lowest BCUT2D eigenvalue weighted by atomic mass is 9.92. The number of halogens is 2. The van der Waals surface area contributed by atoms with E-state index >= 15 is 4.39 Å². The maximum absolute atomic E-state index is 15.2. The summed E-state index contributed by atoms with van der Waals surface area (Å²) in [7, 11) is 2.79. The maximum Gasteiger partial charge on any atom is 0.411 e. The summed E-state index contributed by atoms with van der Waals surface area (Å²) >= 11 is 6.14. The summed E-state index contributed by atoms with van der Waals surface area (Å²) in [5.74, 6) is -1.00. The minimum Gasteiger partial charge on any atom is -0.481 e. The molecule has 0 radical (unpaired) electrons. The van der Waals surface area contributed by atoms with Gasteiger partial charge in [0.05, 0.1) is 36.7 Å². The molecule has 5 rings (SSSR count). The molecule has 11 heteroatoms. The molecule has 3 aliphatic rings. The zero-order valence-electron chi connectivity index (χ0n) is 25.2. The van der Waals surface area contributed by atoms with Crippen LogP contribution in [0.25, 0.3) is 11.1 Å². The van der Waals surface area contributed by atoms with Crippen molar-refractivity contribution < 1.29 is 28.2 Å². The lowest BCUT2D eigenvalue weighted by molar-refractivity contribution is -0.129. The molecule has 0 saturated heterocycles. The van der Waals surface area contributed by atoms with Crippen LogP contribution >= 0.6 is 11.6 Å². The Hall–Kier alpha value is -4.70. The first kappa shape index (κ1) is 31.7. The molecular formula is C34H34ClFN4O5. The SMILES string of the molecule is COC(=O)Nc1ccc2c(c1)NC(=O)[C@H](C)CCC[C@H](N1CCC(C3=CC=CC=CC(Cl)=C3F)=CC1=O)c1cc-2cc(OC)n1. The molecule has 3 heterocycles. The number of hydrogen-bond acceptors (Lipinski definition) is 6. The first-order chi connectivity index (χ1) is 21.7. The highest BCUT2D eigenvalue weighted by Gasteiger charge is 2.31. The van der Waals surface area contributed by atoms with Crippen LogP contribution in [0.5, 0.6) is 5.88 Å². The number of benzene rings is 1. The Bertz CT molecular complexity index is 1680. The Labute approximate surface area is 266 Å². The van der Waals surface area contributed by atoms with Crippen molar-refractivity contribution in [3.63, 3.8) is 0 Å². The van der Waals surface area contributed by atoms with E-state index in [1.807, 2.05) is 13.0 Å². The number of hydrogen-bond donors (Lipinski definition) is 2. The third-order valence-corrected chi connectivity index (χ3v) is 8.35. The summed E-state index contributed by atoms with van der Waals surface area (Å²) in [5, 5.41) is 5.62. The predicted molar refractivity (Wildman–Crippen MR) is 171 cm³/mol. The largest absolute Gasteiger partial charge is 0.481 e. The van der Waals surface area contributed by atoms with Gasteiger partial charge in [-0.2, -0.15) is 0 Å². The summed E-state index contributed by atoms with van der Waals surface area (Å²) in [6.07, 6.45) is 11.2. The minimum absolute atomic E-state index is 0.0274. The molecule has 2 aliphatic heterocycles. The van der Waals surface area contributed by atoms with E-state index in [4.69, 9.17) is 26.1 Å². The van der Waals surface area contributed by atoms with Gasteiger partial charge >= 0.3 is 6.09 Å². The van der Waals surface area contributed by atoms with Crippen molar-refractivity contribution in [3.05, 3.63) is 94.5 Å². The summed E-state index contributed by atoms with van der Waals surface area (Å²) in [5.41, 5.74) is 3.79. The van der Waals surface area contributed by atoms with Gasteiger partial charge < -0.3 is 19.7 Å². The molecule has 0 fully saturated rings. The van der Waals surface area contributed by atoms with Gasteiger partial charge in [0.25, 0.3) is 0 Å². The van der Waals surface area contributed by atoms with E-state index in [0.717, 1.165) is 0 Å². The van der Waals surface area contributed by atoms with Gasteiger partial charge in [-0.15, -0.1) is 0 Å². The molecule has 9 nitrogen and oxygen atoms in total. The Morgan fingerprint density at radius 1 is 1.13 bits per heavy atom. The second-order valence-electron chi connectivity index (χ2n) is 11.0. The second kappa shape index (κ2) is 13.9. The van der Waals surface area contributed by atoms with Crippen molar-refractivity contribution in [2.75, 3.05) is 31.4 Å². The molecule has 1 aromatic carbocycles. The zero-order chi connectivity index (χ0) is 32.1. The number of ether oxygens (including phenoxy) is 2. The van der Waals surface area contributed by atoms with E-state index in [1.165, 1.54) is 26.4 Å². The fraction of sp³-hybridized carbons (Fsp3) is 0.294. The number of anilines is 2. The molecule has 45 heavy (non-hydrogen) atoms. The van der Waals surface area contributed by atoms with Gasteiger partial charge in [0.1, 0.15) is 5.83 Å². The van der Waals surface area contributed by atoms with Crippen LogP contribution in [-0.4, -0.2) is 48.6 Å². The number of methoxy groups -OCH3 is 2. The van der Waals surface area contributed by atoms with Crippen LogP contribution < -0.4 is 15.4 Å².